The van der Waals surface area contributed by atoms with E-state index in [4.69, 9.17) is 28.9 Å². The van der Waals surface area contributed by atoms with Crippen molar-refractivity contribution in [3.8, 4) is 0 Å². The first-order valence-corrected chi connectivity index (χ1v) is 5.83. The predicted molar refractivity (Wildman–Crippen MR) is 67.4 cm³/mol. The van der Waals surface area contributed by atoms with E-state index in [0.29, 0.717) is 0 Å². The summed E-state index contributed by atoms with van der Waals surface area (Å²) in [5.41, 5.74) is 4.40. The molecule has 0 aliphatic heterocycles. The third-order valence-electron chi connectivity index (χ3n) is 2.04. The quantitative estimate of drug-likeness (QED) is 0.230. The summed E-state index contributed by atoms with van der Waals surface area (Å²) in [5, 5.41) is -0.809. The van der Waals surface area contributed by atoms with Gasteiger partial charge in [-0.15, -0.1) is 0 Å². The molecule has 0 aliphatic rings. The number of ketones is 1. The predicted octanol–water partition coefficient (Wildman–Crippen LogP) is 2.12. The molecule has 0 aromatic carbocycles. The van der Waals surface area contributed by atoms with Crippen molar-refractivity contribution in [3.63, 3.8) is 0 Å². The zero-order chi connectivity index (χ0) is 14.6. The number of aromatic nitrogens is 1. The summed E-state index contributed by atoms with van der Waals surface area (Å²) >= 11 is 11.1. The molecule has 2 N–H and O–H groups in total. The van der Waals surface area contributed by atoms with Crippen molar-refractivity contribution in [2.75, 3.05) is 6.61 Å². The van der Waals surface area contributed by atoms with Crippen LogP contribution in [0.15, 0.2) is 17.8 Å². The minimum atomic E-state index is -0.936. The summed E-state index contributed by atoms with van der Waals surface area (Å²) in [4.78, 5) is 26.9. The van der Waals surface area contributed by atoms with Gasteiger partial charge in [0, 0.05) is 6.20 Å². The van der Waals surface area contributed by atoms with E-state index in [1.807, 2.05) is 0 Å². The molecule has 0 radical (unpaired) electrons. The van der Waals surface area contributed by atoms with Crippen molar-refractivity contribution in [3.05, 3.63) is 39.5 Å². The number of esters is 1. The van der Waals surface area contributed by atoms with Gasteiger partial charge >= 0.3 is 5.97 Å². The highest BCUT2D eigenvalue weighted by molar-refractivity contribution is 6.37. The fourth-order valence-corrected chi connectivity index (χ4v) is 1.60. The number of ether oxygens (including phenoxy) is 1. The van der Waals surface area contributed by atoms with Crippen LogP contribution in [-0.2, 0) is 9.53 Å². The van der Waals surface area contributed by atoms with Gasteiger partial charge in [-0.25, -0.2) is 14.2 Å². The van der Waals surface area contributed by atoms with E-state index in [1.165, 1.54) is 0 Å². The number of carbonyl (C=O) groups is 2. The third kappa shape index (κ3) is 3.42. The minimum absolute atomic E-state index is 0.0599. The topological polar surface area (TPSA) is 82.3 Å². The van der Waals surface area contributed by atoms with Gasteiger partial charge in [0.15, 0.2) is 11.0 Å². The maximum absolute atomic E-state index is 13.3. The second-order valence-corrected chi connectivity index (χ2v) is 3.95. The lowest BCUT2D eigenvalue weighted by atomic mass is 10.1. The van der Waals surface area contributed by atoms with E-state index in [1.54, 1.807) is 6.92 Å². The van der Waals surface area contributed by atoms with E-state index >= 15 is 0 Å². The Morgan fingerprint density at radius 3 is 2.63 bits per heavy atom. The minimum Gasteiger partial charge on any atom is -0.462 e. The van der Waals surface area contributed by atoms with Gasteiger partial charge in [0.1, 0.15) is 10.7 Å². The highest BCUT2D eigenvalue weighted by Crippen LogP contribution is 2.22. The van der Waals surface area contributed by atoms with Crippen LogP contribution >= 0.6 is 23.2 Å². The fourth-order valence-electron chi connectivity index (χ4n) is 1.20. The van der Waals surface area contributed by atoms with E-state index in [2.05, 4.69) is 9.72 Å². The first-order chi connectivity index (χ1) is 8.92. The van der Waals surface area contributed by atoms with Gasteiger partial charge in [0.25, 0.3) is 0 Å². The van der Waals surface area contributed by atoms with Gasteiger partial charge in [0.2, 0.25) is 5.78 Å². The largest absolute Gasteiger partial charge is 0.462 e. The molecule has 1 aromatic heterocycles. The SMILES string of the molecule is CCOC(=O)/C(=C\N)C(=O)c1cc(F)c(Cl)nc1Cl. The fraction of sp³-hybridized carbons (Fsp3) is 0.182. The normalized spacial score (nSPS) is 11.3. The molecule has 5 nitrogen and oxygen atoms in total. The number of nitrogens with zero attached hydrogens (tertiary/aromatic N) is 1. The van der Waals surface area contributed by atoms with Gasteiger partial charge in [-0.2, -0.15) is 0 Å². The number of halogens is 3. The molecule has 0 unspecified atom stereocenters. The van der Waals surface area contributed by atoms with Crippen LogP contribution in [-0.4, -0.2) is 23.3 Å². The Morgan fingerprint density at radius 1 is 1.47 bits per heavy atom. The molecule has 0 fully saturated rings. The number of Topliss-reactive ketones (excluding diaryl/α,β-unsaturated/α-hetero) is 1. The van der Waals surface area contributed by atoms with Crippen molar-refractivity contribution >= 4 is 35.0 Å². The summed E-state index contributed by atoms with van der Waals surface area (Å²) in [6.45, 7) is 1.62. The first kappa shape index (κ1) is 15.4. The van der Waals surface area contributed by atoms with Crippen LogP contribution in [0.2, 0.25) is 10.3 Å². The lowest BCUT2D eigenvalue weighted by Gasteiger charge is -2.07. The zero-order valence-corrected chi connectivity index (χ0v) is 11.3. The molecule has 0 amide bonds. The zero-order valence-electron chi connectivity index (χ0n) is 9.75. The molecule has 0 saturated carbocycles. The lowest BCUT2D eigenvalue weighted by molar-refractivity contribution is -0.138. The summed E-state index contributed by atoms with van der Waals surface area (Å²) in [6, 6.07) is 0.780. The maximum atomic E-state index is 13.3. The average Bonchev–Trinajstić information content (AvgIpc) is 2.34. The van der Waals surface area contributed by atoms with Crippen LogP contribution in [0.1, 0.15) is 17.3 Å². The van der Waals surface area contributed by atoms with Crippen LogP contribution in [0.4, 0.5) is 4.39 Å². The van der Waals surface area contributed by atoms with Crippen LogP contribution in [0, 0.1) is 5.82 Å². The Kier molecular flexibility index (Phi) is 5.26. The highest BCUT2D eigenvalue weighted by Gasteiger charge is 2.24. The highest BCUT2D eigenvalue weighted by atomic mass is 35.5. The van der Waals surface area contributed by atoms with Crippen molar-refractivity contribution in [2.45, 2.75) is 6.92 Å². The van der Waals surface area contributed by atoms with Crippen molar-refractivity contribution in [1.29, 1.82) is 0 Å². The number of hydrogen-bond acceptors (Lipinski definition) is 5. The van der Waals surface area contributed by atoms with Crippen LogP contribution in [0.5, 0.6) is 0 Å². The molecular formula is C11H9Cl2FN2O3. The number of carbonyl (C=O) groups excluding carboxylic acids is 2. The molecular weight excluding hydrogens is 298 g/mol. The number of hydrogen-bond donors (Lipinski definition) is 1. The summed E-state index contributed by atoms with van der Waals surface area (Å²) in [7, 11) is 0. The standard InChI is InChI=1S/C11H9Cl2FN2O3/c1-2-19-11(18)6(4-15)8(17)5-3-7(14)10(13)16-9(5)12/h3-4H,2,15H2,1H3/b6-4-. The Bertz CT molecular complexity index is 561. The second-order valence-electron chi connectivity index (χ2n) is 3.23. The molecule has 102 valence electrons. The molecule has 8 heteroatoms. The van der Waals surface area contributed by atoms with Gasteiger partial charge < -0.3 is 10.5 Å². The van der Waals surface area contributed by atoms with Crippen molar-refractivity contribution < 1.29 is 18.7 Å². The molecule has 0 aliphatic carbocycles. The second kappa shape index (κ2) is 6.49. The van der Waals surface area contributed by atoms with Crippen molar-refractivity contribution in [1.82, 2.24) is 4.98 Å². The third-order valence-corrected chi connectivity index (χ3v) is 2.59. The number of rotatable bonds is 4. The van der Waals surface area contributed by atoms with Crippen molar-refractivity contribution in [2.24, 2.45) is 5.73 Å². The number of pyridine rings is 1. The molecule has 1 aromatic rings. The van der Waals surface area contributed by atoms with E-state index < -0.39 is 28.3 Å². The first-order valence-electron chi connectivity index (χ1n) is 5.07. The van der Waals surface area contributed by atoms with Gasteiger partial charge in [0.05, 0.1) is 12.2 Å². The molecule has 0 saturated heterocycles. The Balaban J connectivity index is 3.19. The summed E-state index contributed by atoms with van der Waals surface area (Å²) < 4.78 is 17.9. The molecule has 1 rings (SSSR count). The van der Waals surface area contributed by atoms with Gasteiger partial charge in [-0.05, 0) is 13.0 Å². The van der Waals surface area contributed by atoms with E-state index in [9.17, 15) is 14.0 Å². The van der Waals surface area contributed by atoms with Crippen LogP contribution in [0.25, 0.3) is 0 Å². The lowest BCUT2D eigenvalue weighted by Crippen LogP contribution is -2.18. The maximum Gasteiger partial charge on any atom is 0.343 e. The van der Waals surface area contributed by atoms with E-state index in [-0.39, 0.29) is 17.3 Å². The Morgan fingerprint density at radius 2 is 2.11 bits per heavy atom. The van der Waals surface area contributed by atoms with Gasteiger partial charge in [-0.1, -0.05) is 23.2 Å². The van der Waals surface area contributed by atoms with Gasteiger partial charge in [-0.3, -0.25) is 4.79 Å². The molecule has 0 atom stereocenters. The molecule has 1 heterocycles. The smallest absolute Gasteiger partial charge is 0.343 e. The molecule has 0 bridgehead atoms. The van der Waals surface area contributed by atoms with Crippen LogP contribution < -0.4 is 5.73 Å². The Labute approximate surface area is 118 Å². The monoisotopic (exact) mass is 306 g/mol. The summed E-state index contributed by atoms with van der Waals surface area (Å²) in [5.74, 6) is -2.76. The Hall–Kier alpha value is -1.66. The molecule has 0 spiro atoms. The molecule has 19 heavy (non-hydrogen) atoms. The number of nitrogens with two attached hydrogens (primary N) is 1. The average molecular weight is 307 g/mol. The summed E-state index contributed by atoms with van der Waals surface area (Å²) in [6.07, 6.45) is 0.767. The van der Waals surface area contributed by atoms with E-state index in [0.717, 1.165) is 12.3 Å². The van der Waals surface area contributed by atoms with Crippen LogP contribution in [0.3, 0.4) is 0 Å².